The highest BCUT2D eigenvalue weighted by Gasteiger charge is 2.02. The maximum absolute atomic E-state index is 13.3. The first-order chi connectivity index (χ1) is 7.63. The van der Waals surface area contributed by atoms with E-state index >= 15 is 0 Å². The lowest BCUT2D eigenvalue weighted by molar-refractivity contribution is 0.399. The number of benzene rings is 1. The molecule has 16 heavy (non-hydrogen) atoms. The Morgan fingerprint density at radius 1 is 1.44 bits per heavy atom. The van der Waals surface area contributed by atoms with Gasteiger partial charge < -0.3 is 10.2 Å². The van der Waals surface area contributed by atoms with E-state index in [1.54, 1.807) is 6.07 Å². The Balaban J connectivity index is 2.50. The smallest absolute Gasteiger partial charge is 0.127 e. The number of likely N-dealkylation sites (N-methyl/N-ethyl adjacent to an activating group) is 1. The van der Waals surface area contributed by atoms with E-state index in [2.05, 4.69) is 10.2 Å². The molecular formula is C12H16FN3. The summed E-state index contributed by atoms with van der Waals surface area (Å²) in [6.07, 6.45) is 0. The molecule has 3 nitrogen and oxygen atoms in total. The van der Waals surface area contributed by atoms with Crippen molar-refractivity contribution in [1.29, 1.82) is 5.26 Å². The van der Waals surface area contributed by atoms with Gasteiger partial charge in [0.05, 0.1) is 11.6 Å². The van der Waals surface area contributed by atoms with Crippen molar-refractivity contribution >= 4 is 0 Å². The van der Waals surface area contributed by atoms with Crippen LogP contribution < -0.4 is 5.32 Å². The number of halogens is 1. The van der Waals surface area contributed by atoms with Crippen molar-refractivity contribution in [3.63, 3.8) is 0 Å². The van der Waals surface area contributed by atoms with Gasteiger partial charge in [-0.1, -0.05) is 0 Å². The molecular weight excluding hydrogens is 205 g/mol. The van der Waals surface area contributed by atoms with Crippen molar-refractivity contribution in [2.75, 3.05) is 27.2 Å². The van der Waals surface area contributed by atoms with Crippen molar-refractivity contribution in [2.45, 2.75) is 6.54 Å². The van der Waals surface area contributed by atoms with Crippen molar-refractivity contribution < 1.29 is 4.39 Å². The molecule has 0 amide bonds. The van der Waals surface area contributed by atoms with Gasteiger partial charge in [0, 0.05) is 25.2 Å². The van der Waals surface area contributed by atoms with Gasteiger partial charge in [-0.15, -0.1) is 0 Å². The van der Waals surface area contributed by atoms with Crippen LogP contribution in [0.25, 0.3) is 0 Å². The largest absolute Gasteiger partial charge is 0.311 e. The Hall–Kier alpha value is -1.44. The summed E-state index contributed by atoms with van der Waals surface area (Å²) in [5.74, 6) is -0.267. The summed E-state index contributed by atoms with van der Waals surface area (Å²) in [5.41, 5.74) is 1.03. The summed E-state index contributed by atoms with van der Waals surface area (Å²) in [7, 11) is 3.97. The molecule has 1 aromatic carbocycles. The summed E-state index contributed by atoms with van der Waals surface area (Å²) >= 11 is 0. The van der Waals surface area contributed by atoms with Gasteiger partial charge in [0.1, 0.15) is 5.82 Å². The average molecular weight is 221 g/mol. The second-order valence-electron chi connectivity index (χ2n) is 3.90. The van der Waals surface area contributed by atoms with Crippen LogP contribution in [0, 0.1) is 17.1 Å². The van der Waals surface area contributed by atoms with Crippen molar-refractivity contribution in [2.24, 2.45) is 0 Å². The van der Waals surface area contributed by atoms with Crippen LogP contribution in [-0.2, 0) is 6.54 Å². The Bertz CT molecular complexity index is 382. The summed E-state index contributed by atoms with van der Waals surface area (Å²) in [6.45, 7) is 2.15. The van der Waals surface area contributed by atoms with Gasteiger partial charge in [-0.05, 0) is 32.3 Å². The number of hydrogen-bond donors (Lipinski definition) is 1. The lowest BCUT2D eigenvalue weighted by Gasteiger charge is -2.10. The number of nitriles is 1. The van der Waals surface area contributed by atoms with Crippen LogP contribution in [0.1, 0.15) is 11.1 Å². The molecule has 0 atom stereocenters. The second kappa shape index (κ2) is 6.21. The molecule has 0 aliphatic heterocycles. The van der Waals surface area contributed by atoms with E-state index in [9.17, 15) is 4.39 Å². The first-order valence-electron chi connectivity index (χ1n) is 5.17. The number of rotatable bonds is 5. The lowest BCUT2D eigenvalue weighted by atomic mass is 10.1. The average Bonchev–Trinajstić information content (AvgIpc) is 2.26. The minimum absolute atomic E-state index is 0.267. The second-order valence-corrected chi connectivity index (χ2v) is 3.90. The van der Waals surface area contributed by atoms with E-state index in [0.29, 0.717) is 17.7 Å². The highest BCUT2D eigenvalue weighted by atomic mass is 19.1. The van der Waals surface area contributed by atoms with Gasteiger partial charge in [-0.2, -0.15) is 5.26 Å². The molecule has 0 aromatic heterocycles. The molecule has 0 aliphatic rings. The van der Waals surface area contributed by atoms with Crippen molar-refractivity contribution in [3.05, 3.63) is 35.1 Å². The third kappa shape index (κ3) is 3.97. The molecule has 0 aliphatic carbocycles. The fourth-order valence-corrected chi connectivity index (χ4v) is 1.31. The molecule has 0 unspecified atom stereocenters. The highest BCUT2D eigenvalue weighted by Crippen LogP contribution is 2.09. The van der Waals surface area contributed by atoms with E-state index in [1.165, 1.54) is 12.1 Å². The summed E-state index contributed by atoms with van der Waals surface area (Å²) in [4.78, 5) is 2.05. The lowest BCUT2D eigenvalue weighted by Crippen LogP contribution is -2.26. The zero-order chi connectivity index (χ0) is 12.0. The molecule has 0 heterocycles. The highest BCUT2D eigenvalue weighted by molar-refractivity contribution is 5.33. The first kappa shape index (κ1) is 12.6. The standard InChI is InChI=1S/C12H16FN3/c1-16(2)6-5-15-9-11-7-10(8-14)3-4-12(11)13/h3-4,7,15H,5-6,9H2,1-2H3. The van der Waals surface area contributed by atoms with Crippen LogP contribution >= 0.6 is 0 Å². The van der Waals surface area contributed by atoms with Crippen LogP contribution in [0.3, 0.4) is 0 Å². The van der Waals surface area contributed by atoms with Crippen molar-refractivity contribution in [3.8, 4) is 6.07 Å². The van der Waals surface area contributed by atoms with E-state index < -0.39 is 0 Å². The van der Waals surface area contributed by atoms with E-state index in [1.807, 2.05) is 20.2 Å². The molecule has 0 saturated heterocycles. The molecule has 4 heteroatoms. The molecule has 0 fully saturated rings. The van der Waals surface area contributed by atoms with Gasteiger partial charge in [0.15, 0.2) is 0 Å². The van der Waals surface area contributed by atoms with Gasteiger partial charge >= 0.3 is 0 Å². The third-order valence-corrected chi connectivity index (χ3v) is 2.23. The maximum atomic E-state index is 13.3. The van der Waals surface area contributed by atoms with Crippen LogP contribution in [0.5, 0.6) is 0 Å². The van der Waals surface area contributed by atoms with Crippen LogP contribution in [0.15, 0.2) is 18.2 Å². The number of nitrogens with zero attached hydrogens (tertiary/aromatic N) is 2. The molecule has 0 spiro atoms. The van der Waals surface area contributed by atoms with Gasteiger partial charge in [0.2, 0.25) is 0 Å². The predicted molar refractivity (Wildman–Crippen MR) is 61.4 cm³/mol. The Labute approximate surface area is 95.5 Å². The molecule has 1 rings (SSSR count). The molecule has 1 aromatic rings. The zero-order valence-corrected chi connectivity index (χ0v) is 9.63. The van der Waals surface area contributed by atoms with E-state index in [4.69, 9.17) is 5.26 Å². The topological polar surface area (TPSA) is 39.1 Å². The van der Waals surface area contributed by atoms with Crippen LogP contribution in [0.4, 0.5) is 4.39 Å². The summed E-state index contributed by atoms with van der Waals surface area (Å²) < 4.78 is 13.3. The normalized spacial score (nSPS) is 10.4. The maximum Gasteiger partial charge on any atom is 0.127 e. The quantitative estimate of drug-likeness (QED) is 0.763. The van der Waals surface area contributed by atoms with Crippen LogP contribution in [0.2, 0.25) is 0 Å². The van der Waals surface area contributed by atoms with Crippen LogP contribution in [-0.4, -0.2) is 32.1 Å². The van der Waals surface area contributed by atoms with Crippen molar-refractivity contribution in [1.82, 2.24) is 10.2 Å². The van der Waals surface area contributed by atoms with E-state index in [-0.39, 0.29) is 5.82 Å². The fraction of sp³-hybridized carbons (Fsp3) is 0.417. The van der Waals surface area contributed by atoms with Gasteiger partial charge in [0.25, 0.3) is 0 Å². The molecule has 1 N–H and O–H groups in total. The Morgan fingerprint density at radius 2 is 2.19 bits per heavy atom. The molecule has 0 bridgehead atoms. The Kier molecular flexibility index (Phi) is 4.90. The minimum atomic E-state index is -0.267. The van der Waals surface area contributed by atoms with Gasteiger partial charge in [-0.25, -0.2) is 4.39 Å². The first-order valence-corrected chi connectivity index (χ1v) is 5.17. The summed E-state index contributed by atoms with van der Waals surface area (Å²) in [5, 5.41) is 11.8. The summed E-state index contributed by atoms with van der Waals surface area (Å²) in [6, 6.07) is 6.40. The minimum Gasteiger partial charge on any atom is -0.311 e. The number of hydrogen-bond acceptors (Lipinski definition) is 3. The van der Waals surface area contributed by atoms with E-state index in [0.717, 1.165) is 13.1 Å². The number of nitrogens with one attached hydrogen (secondary N) is 1. The predicted octanol–water partition coefficient (Wildman–Crippen LogP) is 1.35. The monoisotopic (exact) mass is 221 g/mol. The van der Waals surface area contributed by atoms with Gasteiger partial charge in [-0.3, -0.25) is 0 Å². The third-order valence-electron chi connectivity index (χ3n) is 2.23. The SMILES string of the molecule is CN(C)CCNCc1cc(C#N)ccc1F. The Morgan fingerprint density at radius 3 is 2.81 bits per heavy atom. The zero-order valence-electron chi connectivity index (χ0n) is 9.63. The molecule has 86 valence electrons. The molecule has 0 radical (unpaired) electrons. The fourth-order valence-electron chi connectivity index (χ4n) is 1.31. The molecule has 0 saturated carbocycles.